The fourth-order valence-electron chi connectivity index (χ4n) is 2.34. The average Bonchev–Trinajstić information content (AvgIpc) is 3.08. The van der Waals surface area contributed by atoms with Crippen molar-refractivity contribution in [3.05, 3.63) is 76.1 Å². The molecule has 0 spiro atoms. The van der Waals surface area contributed by atoms with Crippen LogP contribution < -0.4 is 10.6 Å². The first-order valence-electron chi connectivity index (χ1n) is 8.19. The maximum Gasteiger partial charge on any atom is 0.250 e. The van der Waals surface area contributed by atoms with Crippen molar-refractivity contribution in [2.24, 2.45) is 0 Å². The number of halogens is 2. The summed E-state index contributed by atoms with van der Waals surface area (Å²) in [5.74, 6) is 1.23. The highest BCUT2D eigenvalue weighted by atomic mass is 35.5. The molecule has 0 aliphatic heterocycles. The summed E-state index contributed by atoms with van der Waals surface area (Å²) in [6.45, 7) is 1.94. The first-order valence-corrected chi connectivity index (χ1v) is 9.35. The minimum atomic E-state index is -0.396. The largest absolute Gasteiger partial charge is 0.457 e. The van der Waals surface area contributed by atoms with Gasteiger partial charge >= 0.3 is 0 Å². The number of nitrogens with one attached hydrogen (secondary N) is 2. The van der Waals surface area contributed by atoms with Crippen molar-refractivity contribution in [1.29, 1.82) is 0 Å². The first kappa shape index (κ1) is 20.1. The van der Waals surface area contributed by atoms with Crippen molar-refractivity contribution in [1.82, 2.24) is 10.3 Å². The summed E-state index contributed by atoms with van der Waals surface area (Å²) < 4.78 is 5.70. The Morgan fingerprint density at radius 3 is 2.75 bits per heavy atom. The number of hydrogen-bond donors (Lipinski definition) is 2. The lowest BCUT2D eigenvalue weighted by molar-refractivity contribution is -0.115. The van der Waals surface area contributed by atoms with E-state index in [9.17, 15) is 4.79 Å². The highest BCUT2D eigenvalue weighted by Gasteiger charge is 2.09. The van der Waals surface area contributed by atoms with Crippen molar-refractivity contribution in [2.45, 2.75) is 6.92 Å². The minimum Gasteiger partial charge on any atom is -0.457 e. The maximum atomic E-state index is 12.0. The standard InChI is InChI=1S/C20H15Cl2N3O2S/c1-12-8-9-23-18(10-12)24-20(28)25-19(26)7-4-14-3-6-17(27-14)15-5-2-13(21)11-16(15)22/h2-11H,1H3,(H2,23,24,25,26,28)/b7-4+. The molecule has 5 nitrogen and oxygen atoms in total. The summed E-state index contributed by atoms with van der Waals surface area (Å²) in [6.07, 6.45) is 4.52. The molecule has 8 heteroatoms. The molecule has 0 radical (unpaired) electrons. The van der Waals surface area contributed by atoms with Gasteiger partial charge in [0, 0.05) is 22.9 Å². The van der Waals surface area contributed by atoms with Crippen LogP contribution in [-0.4, -0.2) is 16.0 Å². The molecule has 1 aromatic carbocycles. The number of nitrogens with zero attached hydrogens (tertiary/aromatic N) is 1. The van der Waals surface area contributed by atoms with Gasteiger partial charge in [-0.1, -0.05) is 23.2 Å². The number of benzene rings is 1. The van der Waals surface area contributed by atoms with E-state index >= 15 is 0 Å². The van der Waals surface area contributed by atoms with E-state index in [-0.39, 0.29) is 5.11 Å². The molecule has 0 fully saturated rings. The van der Waals surface area contributed by atoms with Crippen LogP contribution in [0.3, 0.4) is 0 Å². The van der Waals surface area contributed by atoms with Gasteiger partial charge in [-0.2, -0.15) is 0 Å². The van der Waals surface area contributed by atoms with Gasteiger partial charge < -0.3 is 9.73 Å². The van der Waals surface area contributed by atoms with E-state index in [4.69, 9.17) is 39.8 Å². The van der Waals surface area contributed by atoms with Gasteiger partial charge in [0.05, 0.1) is 5.02 Å². The van der Waals surface area contributed by atoms with Crippen LogP contribution in [-0.2, 0) is 4.79 Å². The summed E-state index contributed by atoms with van der Waals surface area (Å²) in [5, 5.41) is 6.58. The molecule has 2 N–H and O–H groups in total. The molecule has 28 heavy (non-hydrogen) atoms. The molecule has 0 atom stereocenters. The van der Waals surface area contributed by atoms with Crippen LogP contribution in [0.5, 0.6) is 0 Å². The zero-order valence-electron chi connectivity index (χ0n) is 14.7. The van der Waals surface area contributed by atoms with Gasteiger partial charge in [-0.3, -0.25) is 10.1 Å². The third-order valence-corrected chi connectivity index (χ3v) is 4.37. The molecular formula is C20H15Cl2N3O2S. The number of aromatic nitrogens is 1. The second kappa shape index (κ2) is 9.01. The zero-order valence-corrected chi connectivity index (χ0v) is 17.0. The van der Waals surface area contributed by atoms with Gasteiger partial charge in [-0.25, -0.2) is 4.98 Å². The fourth-order valence-corrected chi connectivity index (χ4v) is 3.05. The topological polar surface area (TPSA) is 67.2 Å². The number of pyridine rings is 1. The molecule has 3 aromatic rings. The number of aryl methyl sites for hydroxylation is 1. The fraction of sp³-hybridized carbons (Fsp3) is 0.0500. The summed E-state index contributed by atoms with van der Waals surface area (Å²) in [7, 11) is 0. The predicted molar refractivity (Wildman–Crippen MR) is 117 cm³/mol. The smallest absolute Gasteiger partial charge is 0.250 e. The van der Waals surface area contributed by atoms with Crippen molar-refractivity contribution in [2.75, 3.05) is 5.32 Å². The van der Waals surface area contributed by atoms with Gasteiger partial charge in [0.15, 0.2) is 5.11 Å². The molecule has 1 amide bonds. The quantitative estimate of drug-likeness (QED) is 0.422. The first-order chi connectivity index (χ1) is 13.4. The van der Waals surface area contributed by atoms with Crippen LogP contribution in [0.25, 0.3) is 17.4 Å². The van der Waals surface area contributed by atoms with E-state index < -0.39 is 5.91 Å². The molecule has 2 heterocycles. The van der Waals surface area contributed by atoms with Crippen molar-refractivity contribution < 1.29 is 9.21 Å². The highest BCUT2D eigenvalue weighted by Crippen LogP contribution is 2.31. The number of amides is 1. The molecule has 0 unspecified atom stereocenters. The number of anilines is 1. The van der Waals surface area contributed by atoms with E-state index in [1.807, 2.05) is 19.1 Å². The number of hydrogen-bond acceptors (Lipinski definition) is 4. The van der Waals surface area contributed by atoms with Crippen LogP contribution in [0.1, 0.15) is 11.3 Å². The molecule has 0 saturated carbocycles. The second-order valence-corrected chi connectivity index (χ2v) is 7.07. The Hall–Kier alpha value is -2.67. The number of carbonyl (C=O) groups excluding carboxylic acids is 1. The lowest BCUT2D eigenvalue weighted by Gasteiger charge is -2.07. The Kier molecular flexibility index (Phi) is 6.46. The van der Waals surface area contributed by atoms with Crippen LogP contribution >= 0.6 is 35.4 Å². The Balaban J connectivity index is 1.60. The molecule has 142 valence electrons. The number of thiocarbonyl (C=S) groups is 1. The molecular weight excluding hydrogens is 417 g/mol. The van der Waals surface area contributed by atoms with Gasteiger partial charge in [-0.05, 0) is 73.2 Å². The number of carbonyl (C=O) groups is 1. The van der Waals surface area contributed by atoms with E-state index in [1.54, 1.807) is 36.5 Å². The Morgan fingerprint density at radius 2 is 2.00 bits per heavy atom. The minimum absolute atomic E-state index is 0.154. The number of rotatable bonds is 4. The van der Waals surface area contributed by atoms with Crippen molar-refractivity contribution >= 4 is 58.3 Å². The third kappa shape index (κ3) is 5.42. The molecule has 0 aliphatic carbocycles. The Labute approximate surface area is 177 Å². The van der Waals surface area contributed by atoms with E-state index in [1.165, 1.54) is 12.2 Å². The summed E-state index contributed by atoms with van der Waals surface area (Å²) >= 11 is 17.2. The summed E-state index contributed by atoms with van der Waals surface area (Å²) in [4.78, 5) is 16.2. The number of furan rings is 1. The Bertz CT molecular complexity index is 1060. The molecule has 0 saturated heterocycles. The summed E-state index contributed by atoms with van der Waals surface area (Å²) in [5.41, 5.74) is 1.74. The van der Waals surface area contributed by atoms with Crippen LogP contribution in [0, 0.1) is 6.92 Å². The molecule has 0 bridgehead atoms. The van der Waals surface area contributed by atoms with Gasteiger partial charge in [0.1, 0.15) is 17.3 Å². The van der Waals surface area contributed by atoms with Gasteiger partial charge in [0.2, 0.25) is 5.91 Å². The molecule has 0 aliphatic rings. The second-order valence-electron chi connectivity index (χ2n) is 5.82. The summed E-state index contributed by atoms with van der Waals surface area (Å²) in [6, 6.07) is 12.3. The van der Waals surface area contributed by atoms with Crippen molar-refractivity contribution in [3.63, 3.8) is 0 Å². The van der Waals surface area contributed by atoms with E-state index in [0.717, 1.165) is 5.56 Å². The van der Waals surface area contributed by atoms with Gasteiger partial charge in [0.25, 0.3) is 0 Å². The third-order valence-electron chi connectivity index (χ3n) is 3.62. The Morgan fingerprint density at radius 1 is 1.18 bits per heavy atom. The SMILES string of the molecule is Cc1ccnc(NC(=S)NC(=O)/C=C/c2ccc(-c3ccc(Cl)cc3Cl)o2)c1. The van der Waals surface area contributed by atoms with Crippen LogP contribution in [0.4, 0.5) is 5.82 Å². The highest BCUT2D eigenvalue weighted by molar-refractivity contribution is 7.80. The van der Waals surface area contributed by atoms with Gasteiger partial charge in [-0.15, -0.1) is 0 Å². The van der Waals surface area contributed by atoms with Crippen LogP contribution in [0.2, 0.25) is 10.0 Å². The normalized spacial score (nSPS) is 10.8. The predicted octanol–water partition coefficient (Wildman–Crippen LogP) is 5.48. The average molecular weight is 432 g/mol. The lowest BCUT2D eigenvalue weighted by atomic mass is 10.2. The zero-order chi connectivity index (χ0) is 20.1. The lowest BCUT2D eigenvalue weighted by Crippen LogP contribution is -2.33. The van der Waals surface area contributed by atoms with Crippen molar-refractivity contribution in [3.8, 4) is 11.3 Å². The molecule has 3 rings (SSSR count). The molecule has 2 aromatic heterocycles. The van der Waals surface area contributed by atoms with E-state index in [0.29, 0.717) is 32.9 Å². The monoisotopic (exact) mass is 431 g/mol. The van der Waals surface area contributed by atoms with E-state index in [2.05, 4.69) is 15.6 Å². The maximum absolute atomic E-state index is 12.0. The van der Waals surface area contributed by atoms with Crippen LogP contribution in [0.15, 0.2) is 59.2 Å².